The third kappa shape index (κ3) is 5.98. The minimum absolute atomic E-state index is 0.0417. The number of hydrogen-bond donors (Lipinski definition) is 2. The maximum Gasteiger partial charge on any atom is 0.252 e. The lowest BCUT2D eigenvalue weighted by Gasteiger charge is -2.08. The third-order valence-corrected chi connectivity index (χ3v) is 3.72. The van der Waals surface area contributed by atoms with Crippen LogP contribution < -0.4 is 10.5 Å². The normalized spacial score (nSPS) is 11.4. The molecule has 0 aliphatic rings. The van der Waals surface area contributed by atoms with Crippen molar-refractivity contribution in [1.82, 2.24) is 5.32 Å². The van der Waals surface area contributed by atoms with E-state index in [-0.39, 0.29) is 22.0 Å². The number of nitrogens with two attached hydrogens (primary N) is 1. The minimum Gasteiger partial charge on any atom is -0.382 e. The smallest absolute Gasteiger partial charge is 0.252 e. The molecule has 0 aromatic heterocycles. The van der Waals surface area contributed by atoms with Crippen LogP contribution in [0, 0.1) is 0 Å². The van der Waals surface area contributed by atoms with E-state index in [4.69, 9.17) is 26.2 Å². The fourth-order valence-corrected chi connectivity index (χ4v) is 2.17. The van der Waals surface area contributed by atoms with Gasteiger partial charge in [-0.3, -0.25) is 4.79 Å². The number of primary sulfonamides is 1. The highest BCUT2D eigenvalue weighted by Crippen LogP contribution is 2.19. The van der Waals surface area contributed by atoms with Crippen LogP contribution in [0.15, 0.2) is 23.1 Å². The number of carbonyl (C=O) groups excluding carboxylic acids is 1. The van der Waals surface area contributed by atoms with Gasteiger partial charge in [-0.15, -0.1) is 0 Å². The summed E-state index contributed by atoms with van der Waals surface area (Å²) in [6.45, 7) is 1.46. The van der Waals surface area contributed by atoms with Crippen molar-refractivity contribution in [2.45, 2.75) is 4.90 Å². The van der Waals surface area contributed by atoms with Crippen LogP contribution in [0.1, 0.15) is 10.4 Å². The van der Waals surface area contributed by atoms with Gasteiger partial charge in [-0.25, -0.2) is 13.6 Å². The van der Waals surface area contributed by atoms with Crippen LogP contribution in [0.2, 0.25) is 5.02 Å². The Morgan fingerprint density at radius 1 is 1.33 bits per heavy atom. The van der Waals surface area contributed by atoms with E-state index in [9.17, 15) is 13.2 Å². The van der Waals surface area contributed by atoms with Crippen molar-refractivity contribution in [3.8, 4) is 0 Å². The van der Waals surface area contributed by atoms with E-state index in [1.807, 2.05) is 0 Å². The van der Waals surface area contributed by atoms with Gasteiger partial charge in [0.15, 0.2) is 0 Å². The topological polar surface area (TPSA) is 108 Å². The molecule has 1 aromatic rings. The van der Waals surface area contributed by atoms with E-state index in [1.165, 1.54) is 12.1 Å². The highest BCUT2D eigenvalue weighted by Gasteiger charge is 2.15. The highest BCUT2D eigenvalue weighted by atomic mass is 35.5. The van der Waals surface area contributed by atoms with Gasteiger partial charge < -0.3 is 14.8 Å². The summed E-state index contributed by atoms with van der Waals surface area (Å²) in [6, 6.07) is 3.69. The average Bonchev–Trinajstić information content (AvgIpc) is 2.41. The number of halogens is 1. The summed E-state index contributed by atoms with van der Waals surface area (Å²) in [5, 5.41) is 7.72. The maximum atomic E-state index is 11.9. The molecular weight excluding hydrogens is 320 g/mol. The standard InChI is InChI=1S/C12H17ClN2O5S/c1-19-6-7-20-5-4-15-12(16)10-8-9(21(14,17)18)2-3-11(10)13/h2-3,8H,4-7H2,1H3,(H,15,16)(H2,14,17,18). The molecule has 0 unspecified atom stereocenters. The molecule has 0 atom stereocenters. The van der Waals surface area contributed by atoms with Gasteiger partial charge in [-0.1, -0.05) is 11.6 Å². The molecule has 0 fully saturated rings. The first-order valence-corrected chi connectivity index (χ1v) is 7.96. The van der Waals surface area contributed by atoms with Crippen LogP contribution in [0.4, 0.5) is 0 Å². The number of nitrogens with one attached hydrogen (secondary N) is 1. The molecule has 7 nitrogen and oxygen atoms in total. The van der Waals surface area contributed by atoms with Crippen molar-refractivity contribution < 1.29 is 22.7 Å². The summed E-state index contributed by atoms with van der Waals surface area (Å²) in [5.74, 6) is -0.499. The average molecular weight is 337 g/mol. The fourth-order valence-electron chi connectivity index (χ4n) is 1.43. The first kappa shape index (κ1) is 17.9. The lowest BCUT2D eigenvalue weighted by Crippen LogP contribution is -2.28. The molecule has 0 radical (unpaired) electrons. The number of rotatable bonds is 8. The molecule has 118 valence electrons. The zero-order valence-electron chi connectivity index (χ0n) is 11.5. The van der Waals surface area contributed by atoms with E-state index < -0.39 is 15.9 Å². The Morgan fingerprint density at radius 2 is 2.05 bits per heavy atom. The first-order chi connectivity index (χ1) is 9.86. The van der Waals surface area contributed by atoms with Crippen molar-refractivity contribution in [2.24, 2.45) is 5.14 Å². The van der Waals surface area contributed by atoms with Gasteiger partial charge in [-0.2, -0.15) is 0 Å². The molecule has 1 aromatic carbocycles. The fraction of sp³-hybridized carbons (Fsp3) is 0.417. The van der Waals surface area contributed by atoms with Crippen molar-refractivity contribution in [1.29, 1.82) is 0 Å². The minimum atomic E-state index is -3.89. The van der Waals surface area contributed by atoms with E-state index >= 15 is 0 Å². The van der Waals surface area contributed by atoms with Crippen LogP contribution in [0.5, 0.6) is 0 Å². The molecule has 0 saturated carbocycles. The third-order valence-electron chi connectivity index (χ3n) is 2.47. The van der Waals surface area contributed by atoms with Crippen LogP contribution in [-0.4, -0.2) is 47.8 Å². The van der Waals surface area contributed by atoms with E-state index in [0.717, 1.165) is 6.07 Å². The second-order valence-electron chi connectivity index (χ2n) is 4.05. The Labute approximate surface area is 128 Å². The predicted octanol–water partition coefficient (Wildman–Crippen LogP) is 0.380. The number of methoxy groups -OCH3 is 1. The molecule has 0 bridgehead atoms. The number of carbonyl (C=O) groups is 1. The van der Waals surface area contributed by atoms with Gasteiger partial charge in [0, 0.05) is 13.7 Å². The quantitative estimate of drug-likeness (QED) is 0.667. The Balaban J connectivity index is 2.62. The van der Waals surface area contributed by atoms with Gasteiger partial charge in [0.25, 0.3) is 5.91 Å². The van der Waals surface area contributed by atoms with Crippen LogP contribution in [0.3, 0.4) is 0 Å². The Hall–Kier alpha value is -1.19. The largest absolute Gasteiger partial charge is 0.382 e. The molecule has 0 heterocycles. The van der Waals surface area contributed by atoms with Crippen LogP contribution in [0.25, 0.3) is 0 Å². The van der Waals surface area contributed by atoms with Gasteiger partial charge in [0.2, 0.25) is 10.0 Å². The van der Waals surface area contributed by atoms with Crippen molar-refractivity contribution >= 4 is 27.5 Å². The van der Waals surface area contributed by atoms with E-state index in [0.29, 0.717) is 19.8 Å². The highest BCUT2D eigenvalue weighted by molar-refractivity contribution is 7.89. The summed E-state index contributed by atoms with van der Waals surface area (Å²) in [5.41, 5.74) is 0.0417. The Morgan fingerprint density at radius 3 is 2.67 bits per heavy atom. The number of amides is 1. The van der Waals surface area contributed by atoms with Gasteiger partial charge >= 0.3 is 0 Å². The summed E-state index contributed by atoms with van der Waals surface area (Å²) in [6.07, 6.45) is 0. The van der Waals surface area contributed by atoms with Gasteiger partial charge in [0.05, 0.1) is 35.3 Å². The van der Waals surface area contributed by atoms with Gasteiger partial charge in [0.1, 0.15) is 0 Å². The molecule has 3 N–H and O–H groups in total. The molecule has 0 spiro atoms. The lowest BCUT2D eigenvalue weighted by atomic mass is 10.2. The van der Waals surface area contributed by atoms with Crippen LogP contribution >= 0.6 is 11.6 Å². The summed E-state index contributed by atoms with van der Waals surface area (Å²) >= 11 is 5.88. The lowest BCUT2D eigenvalue weighted by molar-refractivity contribution is 0.0692. The molecule has 9 heteroatoms. The number of sulfonamides is 1. The second-order valence-corrected chi connectivity index (χ2v) is 6.02. The molecule has 1 amide bonds. The summed E-state index contributed by atoms with van der Waals surface area (Å²) < 4.78 is 32.5. The van der Waals surface area contributed by atoms with E-state index in [1.54, 1.807) is 7.11 Å². The number of ether oxygens (including phenoxy) is 2. The van der Waals surface area contributed by atoms with Crippen molar-refractivity contribution in [2.75, 3.05) is 33.5 Å². The van der Waals surface area contributed by atoms with Crippen molar-refractivity contribution in [3.05, 3.63) is 28.8 Å². The molecule has 21 heavy (non-hydrogen) atoms. The Kier molecular flexibility index (Phi) is 7.06. The molecule has 0 aliphatic heterocycles. The van der Waals surface area contributed by atoms with Crippen LogP contribution in [-0.2, 0) is 19.5 Å². The SMILES string of the molecule is COCCOCCNC(=O)c1cc(S(N)(=O)=O)ccc1Cl. The molecular formula is C12H17ClN2O5S. The molecule has 0 saturated heterocycles. The second kappa shape index (κ2) is 8.30. The predicted molar refractivity (Wildman–Crippen MR) is 77.9 cm³/mol. The maximum absolute atomic E-state index is 11.9. The molecule has 0 aliphatic carbocycles. The van der Waals surface area contributed by atoms with Crippen molar-refractivity contribution in [3.63, 3.8) is 0 Å². The zero-order valence-corrected chi connectivity index (χ0v) is 13.0. The van der Waals surface area contributed by atoms with Gasteiger partial charge in [-0.05, 0) is 18.2 Å². The zero-order chi connectivity index (χ0) is 15.9. The van der Waals surface area contributed by atoms with E-state index in [2.05, 4.69) is 5.32 Å². The Bertz CT molecular complexity index is 591. The number of benzene rings is 1. The summed E-state index contributed by atoms with van der Waals surface area (Å²) in [7, 11) is -2.33. The molecule has 1 rings (SSSR count). The first-order valence-electron chi connectivity index (χ1n) is 6.03. The summed E-state index contributed by atoms with van der Waals surface area (Å²) in [4.78, 5) is 11.7. The monoisotopic (exact) mass is 336 g/mol. The number of hydrogen-bond acceptors (Lipinski definition) is 5.